The van der Waals surface area contributed by atoms with E-state index in [0.717, 1.165) is 30.6 Å². The van der Waals surface area contributed by atoms with Gasteiger partial charge in [0.2, 0.25) is 0 Å². The molecule has 2 aliphatic rings. The predicted molar refractivity (Wildman–Crippen MR) is 101 cm³/mol. The molecule has 148 valence electrons. The molecule has 0 saturated carbocycles. The number of amides is 1. The molecule has 0 spiro atoms. The highest BCUT2D eigenvalue weighted by atomic mass is 16.6. The summed E-state index contributed by atoms with van der Waals surface area (Å²) in [6.45, 7) is 5.57. The lowest BCUT2D eigenvalue weighted by Crippen LogP contribution is -2.54. The second-order valence-electron chi connectivity index (χ2n) is 8.35. The van der Waals surface area contributed by atoms with Crippen LogP contribution in [0.4, 0.5) is 4.79 Å². The molecule has 4 atom stereocenters. The number of carbonyl (C=O) groups is 2. The first-order chi connectivity index (χ1) is 12.7. The second kappa shape index (κ2) is 7.41. The van der Waals surface area contributed by atoms with Gasteiger partial charge in [-0.15, -0.1) is 0 Å². The van der Waals surface area contributed by atoms with Crippen LogP contribution < -0.4 is 4.74 Å². The van der Waals surface area contributed by atoms with E-state index in [0.29, 0.717) is 0 Å². The smallest absolute Gasteiger partial charge is 0.410 e. The maximum Gasteiger partial charge on any atom is 0.410 e. The van der Waals surface area contributed by atoms with Crippen molar-refractivity contribution in [2.75, 3.05) is 14.2 Å². The minimum atomic E-state index is -0.565. The van der Waals surface area contributed by atoms with Gasteiger partial charge in [0.15, 0.2) is 0 Å². The van der Waals surface area contributed by atoms with Crippen LogP contribution in [0, 0.1) is 5.92 Å². The Hall–Kier alpha value is -2.24. The maximum atomic E-state index is 12.8. The first kappa shape index (κ1) is 19.5. The predicted octanol–water partition coefficient (Wildman–Crippen LogP) is 3.74. The fourth-order valence-corrected chi connectivity index (χ4v) is 4.46. The van der Waals surface area contributed by atoms with Crippen LogP contribution in [-0.2, 0) is 14.3 Å². The molecule has 2 saturated heterocycles. The van der Waals surface area contributed by atoms with E-state index < -0.39 is 11.5 Å². The highest BCUT2D eigenvalue weighted by Gasteiger charge is 2.53. The van der Waals surface area contributed by atoms with Crippen LogP contribution in [0.25, 0.3) is 0 Å². The van der Waals surface area contributed by atoms with Gasteiger partial charge in [0, 0.05) is 18.0 Å². The third-order valence-electron chi connectivity index (χ3n) is 5.54. The van der Waals surface area contributed by atoms with E-state index in [1.807, 2.05) is 45.0 Å². The quantitative estimate of drug-likeness (QED) is 0.753. The molecule has 0 radical (unpaired) electrons. The summed E-state index contributed by atoms with van der Waals surface area (Å²) in [5, 5.41) is 0. The summed E-state index contributed by atoms with van der Waals surface area (Å²) in [5.74, 6) is 0.131. The Morgan fingerprint density at radius 1 is 1.07 bits per heavy atom. The molecule has 6 heteroatoms. The summed E-state index contributed by atoms with van der Waals surface area (Å²) in [7, 11) is 3.04. The average Bonchev–Trinajstić information content (AvgIpc) is 2.94. The number of hydrogen-bond donors (Lipinski definition) is 0. The Kier molecular flexibility index (Phi) is 5.36. The molecule has 27 heavy (non-hydrogen) atoms. The number of esters is 1. The number of carbonyl (C=O) groups excluding carboxylic acids is 2. The zero-order chi connectivity index (χ0) is 19.8. The van der Waals surface area contributed by atoms with Crippen LogP contribution in [0.2, 0.25) is 0 Å². The molecule has 2 fully saturated rings. The summed E-state index contributed by atoms with van der Waals surface area (Å²) in [4.78, 5) is 27.3. The number of methoxy groups -OCH3 is 2. The number of nitrogens with zero attached hydrogens (tertiary/aromatic N) is 1. The van der Waals surface area contributed by atoms with E-state index in [1.165, 1.54) is 7.11 Å². The van der Waals surface area contributed by atoms with Crippen LogP contribution in [0.3, 0.4) is 0 Å². The first-order valence-corrected chi connectivity index (χ1v) is 9.48. The van der Waals surface area contributed by atoms with Crippen molar-refractivity contribution in [2.24, 2.45) is 5.92 Å². The molecule has 1 amide bonds. The Labute approximate surface area is 160 Å². The van der Waals surface area contributed by atoms with Crippen LogP contribution in [0.5, 0.6) is 5.75 Å². The van der Waals surface area contributed by atoms with Crippen LogP contribution in [0.15, 0.2) is 24.3 Å². The van der Waals surface area contributed by atoms with Crippen molar-refractivity contribution in [1.29, 1.82) is 0 Å². The van der Waals surface area contributed by atoms with E-state index in [4.69, 9.17) is 14.2 Å². The molecule has 2 aliphatic heterocycles. The van der Waals surface area contributed by atoms with Gasteiger partial charge in [-0.3, -0.25) is 4.79 Å². The molecule has 6 nitrogen and oxygen atoms in total. The van der Waals surface area contributed by atoms with Crippen molar-refractivity contribution in [3.63, 3.8) is 0 Å². The monoisotopic (exact) mass is 375 g/mol. The lowest BCUT2D eigenvalue weighted by atomic mass is 9.76. The van der Waals surface area contributed by atoms with Gasteiger partial charge < -0.3 is 19.1 Å². The van der Waals surface area contributed by atoms with Gasteiger partial charge in [-0.25, -0.2) is 4.79 Å². The second-order valence-corrected chi connectivity index (χ2v) is 8.35. The summed E-state index contributed by atoms with van der Waals surface area (Å²) in [5.41, 5.74) is 0.511. The number of rotatable bonds is 3. The fourth-order valence-electron chi connectivity index (χ4n) is 4.46. The van der Waals surface area contributed by atoms with Crippen LogP contribution in [0.1, 0.15) is 51.5 Å². The molecule has 0 aromatic heterocycles. The average molecular weight is 375 g/mol. The highest BCUT2D eigenvalue weighted by Crippen LogP contribution is 2.48. The number of fused-ring (bicyclic) bond motifs is 2. The minimum absolute atomic E-state index is 0.0135. The van der Waals surface area contributed by atoms with E-state index in [-0.39, 0.29) is 30.1 Å². The van der Waals surface area contributed by atoms with Gasteiger partial charge in [0.1, 0.15) is 11.4 Å². The molecular weight excluding hydrogens is 346 g/mol. The summed E-state index contributed by atoms with van der Waals surface area (Å²) < 4.78 is 16.0. The molecule has 3 rings (SSSR count). The number of hydrogen-bond acceptors (Lipinski definition) is 5. The standard InChI is InChI=1S/C21H29NO5/c1-21(2,3)27-20(24)22-14-8-11-17(22)18(19(23)26-5)16(12-14)13-6-9-15(25-4)10-7-13/h6-7,9-10,14,16-18H,8,11-12H2,1-5H3/t14-,16?,17+,18+/m1/s1. The molecular formula is C21H29NO5. The molecule has 0 N–H and O–H groups in total. The highest BCUT2D eigenvalue weighted by molar-refractivity contribution is 5.78. The molecule has 1 unspecified atom stereocenters. The summed E-state index contributed by atoms with van der Waals surface area (Å²) in [6, 6.07) is 7.71. The van der Waals surface area contributed by atoms with E-state index in [2.05, 4.69) is 0 Å². The van der Waals surface area contributed by atoms with Gasteiger partial charge in [-0.05, 0) is 57.7 Å². The van der Waals surface area contributed by atoms with Crippen LogP contribution in [-0.4, -0.2) is 48.9 Å². The first-order valence-electron chi connectivity index (χ1n) is 9.48. The Morgan fingerprint density at radius 3 is 2.30 bits per heavy atom. The third-order valence-corrected chi connectivity index (χ3v) is 5.54. The molecule has 1 aromatic rings. The van der Waals surface area contributed by atoms with E-state index in [1.54, 1.807) is 12.0 Å². The zero-order valence-corrected chi connectivity index (χ0v) is 16.7. The van der Waals surface area contributed by atoms with Crippen molar-refractivity contribution < 1.29 is 23.8 Å². The molecule has 1 aromatic carbocycles. The number of ether oxygens (including phenoxy) is 3. The summed E-state index contributed by atoms with van der Waals surface area (Å²) in [6.07, 6.45) is 2.06. The van der Waals surface area contributed by atoms with Gasteiger partial charge in [0.05, 0.1) is 20.1 Å². The number of benzene rings is 1. The van der Waals surface area contributed by atoms with Crippen molar-refractivity contribution in [3.8, 4) is 5.75 Å². The van der Waals surface area contributed by atoms with Gasteiger partial charge in [-0.1, -0.05) is 12.1 Å². The zero-order valence-electron chi connectivity index (χ0n) is 16.7. The van der Waals surface area contributed by atoms with Gasteiger partial charge in [0.25, 0.3) is 0 Å². The third kappa shape index (κ3) is 3.89. The SMILES string of the molecule is COC(=O)[C@H]1C(c2ccc(OC)cc2)C[C@H]2CC[C@@H]1N2C(=O)OC(C)(C)C. The Bertz CT molecular complexity index is 694. The van der Waals surface area contributed by atoms with Crippen molar-refractivity contribution in [1.82, 2.24) is 4.90 Å². The largest absolute Gasteiger partial charge is 0.497 e. The lowest BCUT2D eigenvalue weighted by Gasteiger charge is -2.43. The van der Waals surface area contributed by atoms with Gasteiger partial charge >= 0.3 is 12.1 Å². The van der Waals surface area contributed by atoms with Crippen molar-refractivity contribution >= 4 is 12.1 Å². The normalized spacial score (nSPS) is 27.2. The fraction of sp³-hybridized carbons (Fsp3) is 0.619. The molecule has 0 aliphatic carbocycles. The number of piperidine rings is 1. The van der Waals surface area contributed by atoms with Crippen molar-refractivity contribution in [2.45, 2.75) is 63.6 Å². The Morgan fingerprint density at radius 2 is 1.74 bits per heavy atom. The summed E-state index contributed by atoms with van der Waals surface area (Å²) >= 11 is 0. The van der Waals surface area contributed by atoms with Gasteiger partial charge in [-0.2, -0.15) is 0 Å². The van der Waals surface area contributed by atoms with Crippen LogP contribution >= 0.6 is 0 Å². The lowest BCUT2D eigenvalue weighted by molar-refractivity contribution is -0.150. The topological polar surface area (TPSA) is 65.1 Å². The maximum absolute atomic E-state index is 12.8. The minimum Gasteiger partial charge on any atom is -0.497 e. The molecule has 2 bridgehead atoms. The molecule has 2 heterocycles. The Balaban J connectivity index is 1.90. The van der Waals surface area contributed by atoms with Crippen molar-refractivity contribution in [3.05, 3.63) is 29.8 Å². The van der Waals surface area contributed by atoms with E-state index in [9.17, 15) is 9.59 Å². The van der Waals surface area contributed by atoms with E-state index >= 15 is 0 Å².